The minimum atomic E-state index is -0.114. The van der Waals surface area contributed by atoms with Crippen LogP contribution in [0.1, 0.15) is 29.4 Å². The van der Waals surface area contributed by atoms with Crippen LogP contribution in [-0.4, -0.2) is 41.7 Å². The molecule has 0 radical (unpaired) electrons. The van der Waals surface area contributed by atoms with Crippen LogP contribution < -0.4 is 10.3 Å². The van der Waals surface area contributed by atoms with Gasteiger partial charge in [-0.25, -0.2) is 4.68 Å². The first-order valence-corrected chi connectivity index (χ1v) is 12.4. The predicted octanol–water partition coefficient (Wildman–Crippen LogP) is 3.75. The van der Waals surface area contributed by atoms with E-state index in [4.69, 9.17) is 4.74 Å². The molecule has 9 nitrogen and oxygen atoms in total. The second-order valence-electron chi connectivity index (χ2n) is 8.87. The second kappa shape index (κ2) is 11.6. The van der Waals surface area contributed by atoms with Gasteiger partial charge in [0, 0.05) is 48.5 Å². The number of nitrogens with zero attached hydrogens (tertiary/aromatic N) is 6. The zero-order chi connectivity index (χ0) is 25.5. The van der Waals surface area contributed by atoms with Crippen molar-refractivity contribution in [1.82, 2.24) is 35.1 Å². The summed E-state index contributed by atoms with van der Waals surface area (Å²) >= 11 is 0. The van der Waals surface area contributed by atoms with Crippen molar-refractivity contribution in [1.29, 1.82) is 0 Å². The molecule has 0 saturated carbocycles. The quantitative estimate of drug-likeness (QED) is 0.298. The molecule has 9 heteroatoms. The van der Waals surface area contributed by atoms with Crippen molar-refractivity contribution in [3.05, 3.63) is 112 Å². The van der Waals surface area contributed by atoms with Crippen molar-refractivity contribution in [2.75, 3.05) is 6.61 Å². The Balaban J connectivity index is 1.40. The van der Waals surface area contributed by atoms with E-state index in [0.29, 0.717) is 38.3 Å². The van der Waals surface area contributed by atoms with Crippen LogP contribution in [0.4, 0.5) is 0 Å². The number of aryl methyl sites for hydroxylation is 2. The van der Waals surface area contributed by atoms with Gasteiger partial charge in [0.2, 0.25) is 0 Å². The molecule has 0 bridgehead atoms. The Labute approximate surface area is 214 Å². The Morgan fingerprint density at radius 1 is 0.973 bits per heavy atom. The fourth-order valence-corrected chi connectivity index (χ4v) is 4.35. The Hall–Kier alpha value is -4.37. The zero-order valence-corrected chi connectivity index (χ0v) is 20.7. The van der Waals surface area contributed by atoms with E-state index in [2.05, 4.69) is 42.5 Å². The molecule has 0 fully saturated rings. The Morgan fingerprint density at radius 3 is 2.65 bits per heavy atom. The number of hydrogen-bond acceptors (Lipinski definition) is 7. The van der Waals surface area contributed by atoms with Gasteiger partial charge in [0.15, 0.2) is 5.82 Å². The number of pyridine rings is 2. The van der Waals surface area contributed by atoms with E-state index in [9.17, 15) is 4.79 Å². The molecule has 188 valence electrons. The maximum Gasteiger partial charge on any atom is 0.252 e. The van der Waals surface area contributed by atoms with E-state index >= 15 is 0 Å². The van der Waals surface area contributed by atoms with E-state index in [-0.39, 0.29) is 5.56 Å². The van der Waals surface area contributed by atoms with E-state index in [0.717, 1.165) is 34.5 Å². The van der Waals surface area contributed by atoms with Crippen molar-refractivity contribution < 1.29 is 4.74 Å². The molecule has 0 amide bonds. The highest BCUT2D eigenvalue weighted by atomic mass is 16.5. The van der Waals surface area contributed by atoms with Gasteiger partial charge < -0.3 is 9.72 Å². The average molecular weight is 496 g/mol. The van der Waals surface area contributed by atoms with Gasteiger partial charge in [-0.2, -0.15) is 0 Å². The number of H-pyrrole nitrogens is 1. The van der Waals surface area contributed by atoms with Gasteiger partial charge in [-0.3, -0.25) is 14.7 Å². The summed E-state index contributed by atoms with van der Waals surface area (Å²) in [4.78, 5) is 22.4. The van der Waals surface area contributed by atoms with Crippen LogP contribution in [0.5, 0.6) is 5.75 Å². The minimum Gasteiger partial charge on any atom is -0.494 e. The highest BCUT2D eigenvalue weighted by molar-refractivity contribution is 5.80. The summed E-state index contributed by atoms with van der Waals surface area (Å²) in [6, 6.07) is 21.8. The Bertz CT molecular complexity index is 1500. The number of benzene rings is 2. The molecule has 0 spiro atoms. The SMILES string of the molecule is CCOc1ccc2[nH]c(=O)c(CN(Cc3cccnc3)Cc3nnnn3CCc3ccccc3)cc2c1. The van der Waals surface area contributed by atoms with Gasteiger partial charge in [0.25, 0.3) is 5.56 Å². The van der Waals surface area contributed by atoms with Crippen LogP contribution >= 0.6 is 0 Å². The van der Waals surface area contributed by atoms with Crippen molar-refractivity contribution in [2.24, 2.45) is 0 Å². The van der Waals surface area contributed by atoms with Crippen molar-refractivity contribution >= 4 is 10.9 Å². The standard InChI is InChI=1S/C28H29N7O2/c1-2-37-25-10-11-26-23(16-25)15-24(28(36)30-26)19-34(18-22-9-6-13-29-17-22)20-27-31-32-33-35(27)14-12-21-7-4-3-5-8-21/h3-11,13,15-17H,2,12,14,18-20H2,1H3,(H,30,36). The molecule has 2 aromatic carbocycles. The van der Waals surface area contributed by atoms with E-state index in [1.165, 1.54) is 5.56 Å². The van der Waals surface area contributed by atoms with Gasteiger partial charge in [0.05, 0.1) is 13.2 Å². The summed E-state index contributed by atoms with van der Waals surface area (Å²) in [6.07, 6.45) is 4.42. The molecule has 0 unspecified atom stereocenters. The maximum absolute atomic E-state index is 13.0. The third-order valence-corrected chi connectivity index (χ3v) is 6.15. The Kier molecular flexibility index (Phi) is 7.61. The smallest absolute Gasteiger partial charge is 0.252 e. The molecule has 5 rings (SSSR count). The molecule has 37 heavy (non-hydrogen) atoms. The Morgan fingerprint density at radius 2 is 1.84 bits per heavy atom. The van der Waals surface area contributed by atoms with E-state index in [1.807, 2.05) is 72.4 Å². The predicted molar refractivity (Wildman–Crippen MR) is 141 cm³/mol. The highest BCUT2D eigenvalue weighted by Gasteiger charge is 2.16. The van der Waals surface area contributed by atoms with E-state index in [1.54, 1.807) is 6.20 Å². The molecule has 0 aliphatic carbocycles. The summed E-state index contributed by atoms with van der Waals surface area (Å²) < 4.78 is 7.48. The normalized spacial score (nSPS) is 11.3. The molecule has 0 atom stereocenters. The average Bonchev–Trinajstić information content (AvgIpc) is 3.36. The lowest BCUT2D eigenvalue weighted by molar-refractivity contribution is 0.235. The number of aromatic amines is 1. The summed E-state index contributed by atoms with van der Waals surface area (Å²) in [5.41, 5.74) is 3.60. The van der Waals surface area contributed by atoms with Gasteiger partial charge in [-0.1, -0.05) is 36.4 Å². The summed E-state index contributed by atoms with van der Waals surface area (Å²) in [5.74, 6) is 1.52. The number of aromatic nitrogens is 6. The maximum atomic E-state index is 13.0. The van der Waals surface area contributed by atoms with Crippen LogP contribution in [0.25, 0.3) is 10.9 Å². The van der Waals surface area contributed by atoms with Crippen LogP contribution in [-0.2, 0) is 32.6 Å². The molecule has 0 aliphatic heterocycles. The zero-order valence-electron chi connectivity index (χ0n) is 20.7. The highest BCUT2D eigenvalue weighted by Crippen LogP contribution is 2.20. The van der Waals surface area contributed by atoms with Gasteiger partial charge in [0.1, 0.15) is 5.75 Å². The first kappa shape index (κ1) is 24.3. The molecule has 0 saturated heterocycles. The van der Waals surface area contributed by atoms with Crippen molar-refractivity contribution in [3.8, 4) is 5.75 Å². The first-order chi connectivity index (χ1) is 18.2. The number of ether oxygens (including phenoxy) is 1. The summed E-state index contributed by atoms with van der Waals surface area (Å²) in [7, 11) is 0. The fraction of sp³-hybridized carbons (Fsp3) is 0.250. The van der Waals surface area contributed by atoms with Gasteiger partial charge in [-0.05, 0) is 65.2 Å². The lowest BCUT2D eigenvalue weighted by Crippen LogP contribution is -2.28. The molecular weight excluding hydrogens is 466 g/mol. The monoisotopic (exact) mass is 495 g/mol. The fourth-order valence-electron chi connectivity index (χ4n) is 4.35. The van der Waals surface area contributed by atoms with Crippen LogP contribution in [0.15, 0.2) is 83.9 Å². The van der Waals surface area contributed by atoms with Gasteiger partial charge >= 0.3 is 0 Å². The van der Waals surface area contributed by atoms with Crippen LogP contribution in [0.2, 0.25) is 0 Å². The first-order valence-electron chi connectivity index (χ1n) is 12.4. The van der Waals surface area contributed by atoms with Gasteiger partial charge in [-0.15, -0.1) is 5.10 Å². The molecular formula is C28H29N7O2. The molecule has 3 heterocycles. The number of hydrogen-bond donors (Lipinski definition) is 1. The van der Waals surface area contributed by atoms with Crippen molar-refractivity contribution in [3.63, 3.8) is 0 Å². The van der Waals surface area contributed by atoms with Crippen LogP contribution in [0, 0.1) is 0 Å². The lowest BCUT2D eigenvalue weighted by Gasteiger charge is -2.22. The third kappa shape index (κ3) is 6.25. The topological polar surface area (TPSA) is 102 Å². The molecule has 0 aliphatic rings. The molecule has 5 aromatic rings. The molecule has 3 aromatic heterocycles. The lowest BCUT2D eigenvalue weighted by atomic mass is 10.1. The number of rotatable bonds is 11. The third-order valence-electron chi connectivity index (χ3n) is 6.15. The number of tetrazole rings is 1. The largest absolute Gasteiger partial charge is 0.494 e. The van der Waals surface area contributed by atoms with Crippen LogP contribution in [0.3, 0.4) is 0 Å². The summed E-state index contributed by atoms with van der Waals surface area (Å²) in [5, 5.41) is 13.4. The second-order valence-corrected chi connectivity index (χ2v) is 8.87. The number of nitrogens with one attached hydrogen (secondary N) is 1. The van der Waals surface area contributed by atoms with E-state index < -0.39 is 0 Å². The minimum absolute atomic E-state index is 0.114. The number of fused-ring (bicyclic) bond motifs is 1. The van der Waals surface area contributed by atoms with Crippen molar-refractivity contribution in [2.45, 2.75) is 39.5 Å². The molecule has 1 N–H and O–H groups in total. The summed E-state index contributed by atoms with van der Waals surface area (Å²) in [6.45, 7) is 4.70.